The van der Waals surface area contributed by atoms with E-state index in [-0.39, 0.29) is 12.2 Å². The van der Waals surface area contributed by atoms with E-state index in [0.717, 1.165) is 6.07 Å². The highest BCUT2D eigenvalue weighted by molar-refractivity contribution is 5.77. The summed E-state index contributed by atoms with van der Waals surface area (Å²) in [7, 11) is 1.62. The molecule has 4 nitrogen and oxygen atoms in total. The average molecular weight is 250 g/mol. The van der Waals surface area contributed by atoms with Crippen molar-refractivity contribution in [1.82, 2.24) is 4.90 Å². The monoisotopic (exact) mass is 250 g/mol. The van der Waals surface area contributed by atoms with Gasteiger partial charge in [-0.15, -0.1) is 0 Å². The molecule has 0 aliphatic carbocycles. The van der Waals surface area contributed by atoms with Crippen LogP contribution in [0.5, 0.6) is 0 Å². The molecule has 1 aromatic carbocycles. The summed E-state index contributed by atoms with van der Waals surface area (Å²) in [5.41, 5.74) is -0.471. The molecule has 96 valence electrons. The maximum Gasteiger partial charge on any atom is 0.323 e. The van der Waals surface area contributed by atoms with Gasteiger partial charge in [-0.2, -0.15) is 0 Å². The number of likely N-dealkylation sites (N-methyl/N-ethyl adjacent to an activating group) is 1. The molecule has 0 bridgehead atoms. The number of hydrogen-bond acceptors (Lipinski definition) is 2. The fraction of sp³-hybridized carbons (Fsp3) is 0.385. The quantitative estimate of drug-likeness (QED) is 0.835. The molecule has 0 heterocycles. The van der Waals surface area contributed by atoms with Crippen molar-refractivity contribution in [2.75, 3.05) is 7.05 Å². The van der Waals surface area contributed by atoms with Crippen LogP contribution in [0.2, 0.25) is 0 Å². The standard InChI is InChI=1S/C13H15FN2O2/c1-13(2,12(17)18)16(4)8-9-5-6-10(15-3)7-11(9)14/h5-7H,8H2,1-2,4H3,(H,17,18). The van der Waals surface area contributed by atoms with Gasteiger partial charge in [0.25, 0.3) is 0 Å². The Bertz CT molecular complexity index is 506. The maximum atomic E-state index is 13.7. The Kier molecular flexibility index (Phi) is 4.04. The van der Waals surface area contributed by atoms with Crippen molar-refractivity contribution < 1.29 is 14.3 Å². The molecule has 5 heteroatoms. The number of carbonyl (C=O) groups is 1. The van der Waals surface area contributed by atoms with Crippen LogP contribution in [0.3, 0.4) is 0 Å². The molecule has 0 aliphatic rings. The van der Waals surface area contributed by atoms with Gasteiger partial charge in [-0.25, -0.2) is 9.24 Å². The molecular weight excluding hydrogens is 235 g/mol. The number of hydrogen-bond donors (Lipinski definition) is 1. The number of carboxylic acids is 1. The van der Waals surface area contributed by atoms with Crippen molar-refractivity contribution in [3.05, 3.63) is 41.0 Å². The smallest absolute Gasteiger partial charge is 0.323 e. The lowest BCUT2D eigenvalue weighted by atomic mass is 10.0. The van der Waals surface area contributed by atoms with E-state index in [9.17, 15) is 9.18 Å². The van der Waals surface area contributed by atoms with E-state index in [1.165, 1.54) is 12.1 Å². The fourth-order valence-electron chi connectivity index (χ4n) is 1.35. The fourth-order valence-corrected chi connectivity index (χ4v) is 1.35. The van der Waals surface area contributed by atoms with E-state index in [1.807, 2.05) is 0 Å². The minimum atomic E-state index is -1.08. The summed E-state index contributed by atoms with van der Waals surface area (Å²) in [5, 5.41) is 9.07. The average Bonchev–Trinajstić information content (AvgIpc) is 2.31. The van der Waals surface area contributed by atoms with E-state index in [4.69, 9.17) is 11.7 Å². The normalized spacial score (nSPS) is 11.3. The van der Waals surface area contributed by atoms with Crippen LogP contribution in [0.1, 0.15) is 19.4 Å². The van der Waals surface area contributed by atoms with E-state index in [1.54, 1.807) is 25.8 Å². The predicted octanol–water partition coefficient (Wildman–Crippen LogP) is 2.67. The molecule has 0 spiro atoms. The highest BCUT2D eigenvalue weighted by Crippen LogP contribution is 2.21. The third kappa shape index (κ3) is 2.84. The third-order valence-electron chi connectivity index (χ3n) is 3.05. The summed E-state index contributed by atoms with van der Waals surface area (Å²) in [6.07, 6.45) is 0. The summed E-state index contributed by atoms with van der Waals surface area (Å²) < 4.78 is 13.7. The van der Waals surface area contributed by atoms with Crippen molar-refractivity contribution in [2.24, 2.45) is 0 Å². The summed E-state index contributed by atoms with van der Waals surface area (Å²) in [4.78, 5) is 15.7. The Balaban J connectivity index is 2.93. The van der Waals surface area contributed by atoms with Gasteiger partial charge in [0.1, 0.15) is 11.4 Å². The zero-order chi connectivity index (χ0) is 13.9. The Morgan fingerprint density at radius 3 is 2.61 bits per heavy atom. The largest absolute Gasteiger partial charge is 0.480 e. The first-order valence-corrected chi connectivity index (χ1v) is 5.39. The van der Waals surface area contributed by atoms with Gasteiger partial charge in [0.15, 0.2) is 5.69 Å². The molecule has 0 atom stereocenters. The Morgan fingerprint density at radius 1 is 1.56 bits per heavy atom. The van der Waals surface area contributed by atoms with Crippen LogP contribution in [0.25, 0.3) is 4.85 Å². The van der Waals surface area contributed by atoms with E-state index in [2.05, 4.69) is 4.85 Å². The second kappa shape index (κ2) is 5.15. The molecule has 0 aromatic heterocycles. The molecule has 18 heavy (non-hydrogen) atoms. The van der Waals surface area contributed by atoms with Gasteiger partial charge < -0.3 is 5.11 Å². The third-order valence-corrected chi connectivity index (χ3v) is 3.05. The van der Waals surface area contributed by atoms with Crippen molar-refractivity contribution in [3.63, 3.8) is 0 Å². The van der Waals surface area contributed by atoms with Crippen LogP contribution in [-0.2, 0) is 11.3 Å². The number of carboxylic acid groups (broad SMARTS) is 1. The van der Waals surface area contributed by atoms with Gasteiger partial charge in [-0.1, -0.05) is 12.1 Å². The van der Waals surface area contributed by atoms with Crippen molar-refractivity contribution >= 4 is 11.7 Å². The highest BCUT2D eigenvalue weighted by Gasteiger charge is 2.32. The zero-order valence-electron chi connectivity index (χ0n) is 10.6. The second-order valence-corrected chi connectivity index (χ2v) is 4.61. The lowest BCUT2D eigenvalue weighted by Gasteiger charge is -2.31. The van der Waals surface area contributed by atoms with Crippen LogP contribution >= 0.6 is 0 Å². The number of aliphatic carboxylic acids is 1. The number of nitrogens with zero attached hydrogens (tertiary/aromatic N) is 2. The summed E-state index contributed by atoms with van der Waals surface area (Å²) in [6.45, 7) is 10.1. The van der Waals surface area contributed by atoms with Crippen LogP contribution in [0.15, 0.2) is 18.2 Å². The van der Waals surface area contributed by atoms with Crippen molar-refractivity contribution in [1.29, 1.82) is 0 Å². The first kappa shape index (κ1) is 14.1. The molecule has 1 rings (SSSR count). The topological polar surface area (TPSA) is 44.9 Å². The Morgan fingerprint density at radius 2 is 2.17 bits per heavy atom. The maximum absolute atomic E-state index is 13.7. The molecule has 1 N–H and O–H groups in total. The van der Waals surface area contributed by atoms with Crippen LogP contribution < -0.4 is 0 Å². The summed E-state index contributed by atoms with van der Waals surface area (Å²) >= 11 is 0. The molecule has 0 fully saturated rings. The summed E-state index contributed by atoms with van der Waals surface area (Å²) in [5.74, 6) is -1.46. The van der Waals surface area contributed by atoms with Gasteiger partial charge in [-0.3, -0.25) is 9.69 Å². The van der Waals surface area contributed by atoms with Gasteiger partial charge in [0, 0.05) is 6.54 Å². The zero-order valence-corrected chi connectivity index (χ0v) is 10.6. The van der Waals surface area contributed by atoms with Crippen molar-refractivity contribution in [3.8, 4) is 0 Å². The van der Waals surface area contributed by atoms with Gasteiger partial charge in [0.05, 0.1) is 6.57 Å². The second-order valence-electron chi connectivity index (χ2n) is 4.61. The molecule has 0 saturated heterocycles. The first-order chi connectivity index (χ1) is 8.28. The Hall–Kier alpha value is -1.93. The molecular formula is C13H15FN2O2. The molecule has 0 radical (unpaired) electrons. The highest BCUT2D eigenvalue weighted by atomic mass is 19.1. The van der Waals surface area contributed by atoms with Crippen LogP contribution in [-0.4, -0.2) is 28.6 Å². The van der Waals surface area contributed by atoms with Gasteiger partial charge in [-0.05, 0) is 32.5 Å². The minimum absolute atomic E-state index is 0.170. The van der Waals surface area contributed by atoms with E-state index < -0.39 is 17.3 Å². The predicted molar refractivity (Wildman–Crippen MR) is 65.8 cm³/mol. The number of benzene rings is 1. The van der Waals surface area contributed by atoms with Crippen molar-refractivity contribution in [2.45, 2.75) is 25.9 Å². The van der Waals surface area contributed by atoms with Gasteiger partial charge in [0.2, 0.25) is 0 Å². The van der Waals surface area contributed by atoms with Crippen LogP contribution in [0, 0.1) is 12.4 Å². The SMILES string of the molecule is [C-]#[N+]c1ccc(CN(C)C(C)(C)C(=O)O)c(F)c1. The molecule has 0 amide bonds. The minimum Gasteiger partial charge on any atom is -0.480 e. The number of halogens is 1. The Labute approximate surface area is 105 Å². The summed E-state index contributed by atoms with van der Waals surface area (Å²) in [6, 6.07) is 4.19. The molecule has 0 aliphatic heterocycles. The van der Waals surface area contributed by atoms with Crippen LogP contribution in [0.4, 0.5) is 10.1 Å². The first-order valence-electron chi connectivity index (χ1n) is 5.39. The molecule has 0 saturated carbocycles. The van der Waals surface area contributed by atoms with E-state index in [0.29, 0.717) is 5.56 Å². The lowest BCUT2D eigenvalue weighted by molar-refractivity contribution is -0.148. The van der Waals surface area contributed by atoms with Gasteiger partial charge >= 0.3 is 5.97 Å². The number of rotatable bonds is 4. The molecule has 0 unspecified atom stereocenters. The van der Waals surface area contributed by atoms with E-state index >= 15 is 0 Å². The molecule has 1 aromatic rings. The lowest BCUT2D eigenvalue weighted by Crippen LogP contribution is -2.47.